The number of hydrogen-bond acceptors (Lipinski definition) is 0. The standard InChI is InChI=1S/C61H40N2/c1-2-16-40(17-3-1)41-30-34-44(35-31-41)62-57-27-13-11-23-50(57)55-39-42(33-37-60(55)62)45-18-4-6-24-51(45)61-52-25-7-5-20-47(52)54-38-43(32-36-53(54)61)46-19-8-12-26-56(46)63-58-28-14-9-21-48(58)49-22-10-15-29-59(49)63/h1-39,61H. The quantitative estimate of drug-likeness (QED) is 0.159. The van der Waals surface area contributed by atoms with E-state index in [2.05, 4.69) is 246 Å². The summed E-state index contributed by atoms with van der Waals surface area (Å²) in [7, 11) is 0. The SMILES string of the molecule is c1ccc(-c2ccc(-n3c4ccccc4c4cc(-c5ccccc5C5c6ccccc6-c6cc(-c7ccccc7-n7c8ccccc8c8ccccc87)ccc65)ccc43)cc2)cc1. The van der Waals surface area contributed by atoms with E-state index >= 15 is 0 Å². The summed E-state index contributed by atoms with van der Waals surface area (Å²) in [5.74, 6) is 0.0919. The molecular weight excluding hydrogens is 761 g/mol. The summed E-state index contributed by atoms with van der Waals surface area (Å²) < 4.78 is 4.85. The van der Waals surface area contributed by atoms with Crippen molar-refractivity contribution in [2.24, 2.45) is 0 Å². The Bertz CT molecular complexity index is 3680. The Morgan fingerprint density at radius 1 is 0.254 bits per heavy atom. The molecule has 0 radical (unpaired) electrons. The van der Waals surface area contributed by atoms with Crippen LogP contribution in [0.2, 0.25) is 0 Å². The van der Waals surface area contributed by atoms with E-state index in [-0.39, 0.29) is 5.92 Å². The molecular formula is C61H40N2. The maximum Gasteiger partial charge on any atom is 0.0541 e. The second kappa shape index (κ2) is 14.2. The van der Waals surface area contributed by atoms with Crippen LogP contribution in [0, 0.1) is 0 Å². The second-order valence-electron chi connectivity index (χ2n) is 16.8. The fourth-order valence-electron chi connectivity index (χ4n) is 10.7. The smallest absolute Gasteiger partial charge is 0.0541 e. The third-order valence-electron chi connectivity index (χ3n) is 13.5. The van der Waals surface area contributed by atoms with Crippen LogP contribution >= 0.6 is 0 Å². The fourth-order valence-corrected chi connectivity index (χ4v) is 10.7. The van der Waals surface area contributed by atoms with Crippen LogP contribution < -0.4 is 0 Å². The van der Waals surface area contributed by atoms with Gasteiger partial charge in [-0.1, -0.05) is 182 Å². The zero-order chi connectivity index (χ0) is 41.4. The third kappa shape index (κ3) is 5.51. The summed E-state index contributed by atoms with van der Waals surface area (Å²) >= 11 is 0. The highest BCUT2D eigenvalue weighted by molar-refractivity contribution is 6.11. The predicted molar refractivity (Wildman–Crippen MR) is 264 cm³/mol. The van der Waals surface area contributed by atoms with Gasteiger partial charge in [0, 0.05) is 38.7 Å². The molecule has 13 rings (SSSR count). The van der Waals surface area contributed by atoms with Crippen LogP contribution in [-0.2, 0) is 0 Å². The normalized spacial score (nSPS) is 13.2. The number of hydrogen-bond donors (Lipinski definition) is 0. The highest BCUT2D eigenvalue weighted by Gasteiger charge is 2.32. The highest BCUT2D eigenvalue weighted by Crippen LogP contribution is 2.51. The number of aromatic nitrogens is 2. The van der Waals surface area contributed by atoms with Gasteiger partial charge in [0.25, 0.3) is 0 Å². The van der Waals surface area contributed by atoms with Gasteiger partial charge in [0.2, 0.25) is 0 Å². The van der Waals surface area contributed by atoms with Crippen molar-refractivity contribution in [1.82, 2.24) is 9.13 Å². The van der Waals surface area contributed by atoms with Gasteiger partial charge < -0.3 is 9.13 Å². The molecule has 2 aromatic heterocycles. The summed E-state index contributed by atoms with van der Waals surface area (Å²) in [6, 6.07) is 87.2. The van der Waals surface area contributed by atoms with Crippen LogP contribution in [-0.4, -0.2) is 9.13 Å². The van der Waals surface area contributed by atoms with Gasteiger partial charge in [-0.25, -0.2) is 0 Å². The molecule has 0 spiro atoms. The Morgan fingerprint density at radius 3 is 1.43 bits per heavy atom. The first-order valence-electron chi connectivity index (χ1n) is 21.9. The predicted octanol–water partition coefficient (Wildman–Crippen LogP) is 16.0. The maximum absolute atomic E-state index is 2.44. The maximum atomic E-state index is 2.44. The molecule has 12 aromatic rings. The van der Waals surface area contributed by atoms with Crippen LogP contribution in [0.4, 0.5) is 0 Å². The zero-order valence-corrected chi connectivity index (χ0v) is 34.5. The first-order valence-corrected chi connectivity index (χ1v) is 21.9. The summed E-state index contributed by atoms with van der Waals surface area (Å²) in [4.78, 5) is 0. The lowest BCUT2D eigenvalue weighted by atomic mass is 9.84. The molecule has 0 N–H and O–H groups in total. The second-order valence-corrected chi connectivity index (χ2v) is 16.8. The van der Waals surface area contributed by atoms with Gasteiger partial charge in [0.1, 0.15) is 0 Å². The molecule has 10 aromatic carbocycles. The molecule has 1 aliphatic carbocycles. The van der Waals surface area contributed by atoms with Crippen molar-refractivity contribution in [2.75, 3.05) is 0 Å². The summed E-state index contributed by atoms with van der Waals surface area (Å²) in [5.41, 5.74) is 21.2. The first kappa shape index (κ1) is 35.5. The number of rotatable bonds is 6. The molecule has 63 heavy (non-hydrogen) atoms. The fraction of sp³-hybridized carbons (Fsp3) is 0.0164. The lowest BCUT2D eigenvalue weighted by Gasteiger charge is -2.20. The van der Waals surface area contributed by atoms with Crippen molar-refractivity contribution in [2.45, 2.75) is 5.92 Å². The van der Waals surface area contributed by atoms with Crippen LogP contribution in [0.15, 0.2) is 237 Å². The molecule has 0 aliphatic heterocycles. The molecule has 1 unspecified atom stereocenters. The minimum atomic E-state index is 0.0919. The first-order chi connectivity index (χ1) is 31.3. The van der Waals surface area contributed by atoms with Gasteiger partial charge in [-0.05, 0) is 110 Å². The Kier molecular flexibility index (Phi) is 8.01. The average Bonchev–Trinajstić information content (AvgIpc) is 3.99. The van der Waals surface area contributed by atoms with Crippen LogP contribution in [0.1, 0.15) is 22.6 Å². The van der Waals surface area contributed by atoms with Crippen molar-refractivity contribution in [1.29, 1.82) is 0 Å². The monoisotopic (exact) mass is 800 g/mol. The van der Waals surface area contributed by atoms with Crippen molar-refractivity contribution >= 4 is 43.6 Å². The van der Waals surface area contributed by atoms with E-state index in [1.807, 2.05) is 0 Å². The summed E-state index contributed by atoms with van der Waals surface area (Å²) in [6.07, 6.45) is 0. The molecule has 2 nitrogen and oxygen atoms in total. The minimum absolute atomic E-state index is 0.0919. The Labute approximate surface area is 366 Å². The summed E-state index contributed by atoms with van der Waals surface area (Å²) in [6.45, 7) is 0. The molecule has 2 heteroatoms. The largest absolute Gasteiger partial charge is 0.309 e. The van der Waals surface area contributed by atoms with Gasteiger partial charge in [-0.2, -0.15) is 0 Å². The van der Waals surface area contributed by atoms with Crippen LogP contribution in [0.5, 0.6) is 0 Å². The van der Waals surface area contributed by atoms with Gasteiger partial charge >= 0.3 is 0 Å². The van der Waals surface area contributed by atoms with E-state index < -0.39 is 0 Å². The van der Waals surface area contributed by atoms with E-state index in [0.29, 0.717) is 0 Å². The Balaban J connectivity index is 0.931. The van der Waals surface area contributed by atoms with Crippen molar-refractivity contribution in [3.63, 3.8) is 0 Å². The highest BCUT2D eigenvalue weighted by atomic mass is 15.0. The van der Waals surface area contributed by atoms with Crippen molar-refractivity contribution < 1.29 is 0 Å². The molecule has 0 saturated carbocycles. The summed E-state index contributed by atoms with van der Waals surface area (Å²) in [5, 5.41) is 5.05. The van der Waals surface area contributed by atoms with Crippen LogP contribution in [0.3, 0.4) is 0 Å². The molecule has 1 aliphatic rings. The number of fused-ring (bicyclic) bond motifs is 9. The Morgan fingerprint density at radius 2 is 0.714 bits per heavy atom. The Hall–Kier alpha value is -8.20. The topological polar surface area (TPSA) is 9.86 Å². The molecule has 2 heterocycles. The molecule has 294 valence electrons. The minimum Gasteiger partial charge on any atom is -0.309 e. The van der Waals surface area contributed by atoms with Gasteiger partial charge in [0.15, 0.2) is 0 Å². The lowest BCUT2D eigenvalue weighted by molar-refractivity contribution is 1.02. The van der Waals surface area contributed by atoms with Gasteiger partial charge in [-0.15, -0.1) is 0 Å². The lowest BCUT2D eigenvalue weighted by Crippen LogP contribution is -2.02. The van der Waals surface area contributed by atoms with E-state index in [9.17, 15) is 0 Å². The van der Waals surface area contributed by atoms with E-state index in [1.165, 1.54) is 110 Å². The van der Waals surface area contributed by atoms with E-state index in [0.717, 1.165) is 5.69 Å². The molecule has 0 amide bonds. The van der Waals surface area contributed by atoms with Crippen molar-refractivity contribution in [3.05, 3.63) is 253 Å². The van der Waals surface area contributed by atoms with Gasteiger partial charge in [0.05, 0.1) is 27.8 Å². The van der Waals surface area contributed by atoms with E-state index in [4.69, 9.17) is 0 Å². The third-order valence-corrected chi connectivity index (χ3v) is 13.5. The molecule has 0 saturated heterocycles. The van der Waals surface area contributed by atoms with E-state index in [1.54, 1.807) is 0 Å². The molecule has 0 bridgehead atoms. The average molecular weight is 801 g/mol. The number of nitrogens with zero attached hydrogens (tertiary/aromatic N) is 2. The van der Waals surface area contributed by atoms with Gasteiger partial charge in [-0.3, -0.25) is 0 Å². The molecule has 0 fully saturated rings. The number of benzene rings is 10. The molecule has 1 atom stereocenters. The zero-order valence-electron chi connectivity index (χ0n) is 34.5. The van der Waals surface area contributed by atoms with Crippen LogP contribution in [0.25, 0.3) is 99.5 Å². The van der Waals surface area contributed by atoms with Crippen molar-refractivity contribution in [3.8, 4) is 55.9 Å². The number of para-hydroxylation sites is 4.